The molecule has 41 heavy (non-hydrogen) atoms. The standard InChI is InChI=1S/C30H33N7O4/c1-19-4-5-22(16-36(19)29(39)30(2)17-41-18-30)26-24-15-32-12-13-37(24,31)27(35-26)20-6-8-21(9-7-20)28(38)34-25-14-23(40-3)10-11-33-25/h6-15,19,22H,4-5,16-18,31H2,1-3H3/p+1/t19-,22+,37?/m0/s1. The molecule has 4 aliphatic rings. The van der Waals surface area contributed by atoms with Crippen molar-refractivity contribution in [1.82, 2.24) is 9.88 Å². The van der Waals surface area contributed by atoms with Crippen LogP contribution in [0.2, 0.25) is 0 Å². The van der Waals surface area contributed by atoms with E-state index in [0.29, 0.717) is 42.7 Å². The van der Waals surface area contributed by atoms with Crippen molar-refractivity contribution in [3.63, 3.8) is 0 Å². The summed E-state index contributed by atoms with van der Waals surface area (Å²) in [7, 11) is 1.56. The Morgan fingerprint density at radius 2 is 1.98 bits per heavy atom. The summed E-state index contributed by atoms with van der Waals surface area (Å²) in [5.41, 5.74) is 2.43. The van der Waals surface area contributed by atoms with Gasteiger partial charge in [-0.05, 0) is 57.0 Å². The lowest BCUT2D eigenvalue weighted by Gasteiger charge is -2.45. The topological polar surface area (TPSA) is 132 Å². The molecule has 3 N–H and O–H groups in total. The summed E-state index contributed by atoms with van der Waals surface area (Å²) in [5.74, 6) is 8.46. The molecule has 11 nitrogen and oxygen atoms in total. The van der Waals surface area contributed by atoms with E-state index in [-0.39, 0.29) is 28.4 Å². The Morgan fingerprint density at radius 1 is 1.20 bits per heavy atom. The van der Waals surface area contributed by atoms with Gasteiger partial charge >= 0.3 is 0 Å². The first-order valence-electron chi connectivity index (χ1n) is 13.7. The number of ether oxygens (including phenoxy) is 2. The number of amides is 2. The average Bonchev–Trinajstić information content (AvgIpc) is 3.29. The lowest BCUT2D eigenvalue weighted by Crippen LogP contribution is -2.57. The van der Waals surface area contributed by atoms with E-state index in [4.69, 9.17) is 20.3 Å². The van der Waals surface area contributed by atoms with Crippen molar-refractivity contribution >= 4 is 29.7 Å². The number of methoxy groups -OCH3 is 1. The Hall–Kier alpha value is -4.19. The Bertz CT molecular complexity index is 1510. The molecule has 1 aromatic heterocycles. The molecule has 3 atom stereocenters. The summed E-state index contributed by atoms with van der Waals surface area (Å²) in [6.45, 7) is 5.56. The first kappa shape index (κ1) is 27.0. The molecule has 4 aliphatic heterocycles. The highest BCUT2D eigenvalue weighted by Crippen LogP contribution is 2.40. The number of anilines is 1. The van der Waals surface area contributed by atoms with Crippen LogP contribution in [-0.2, 0) is 9.53 Å². The molecule has 0 saturated carbocycles. The van der Waals surface area contributed by atoms with Crippen LogP contribution in [0.15, 0.2) is 76.4 Å². The first-order chi connectivity index (χ1) is 19.7. The number of benzene rings is 1. The SMILES string of the molecule is COc1ccnc(NC(=O)c2ccc(C3=NC([C@@H]4CC[C@H](C)N(C(=O)C5(C)COC5)C4)=C4C=NC=C[N+]34N)cc2)c1. The third-order valence-electron chi connectivity index (χ3n) is 8.32. The third kappa shape index (κ3) is 4.75. The average molecular weight is 557 g/mol. The van der Waals surface area contributed by atoms with Crippen LogP contribution in [0.3, 0.4) is 0 Å². The summed E-state index contributed by atoms with van der Waals surface area (Å²) in [4.78, 5) is 41.9. The molecule has 2 fully saturated rings. The summed E-state index contributed by atoms with van der Waals surface area (Å²) < 4.78 is 10.4. The summed E-state index contributed by atoms with van der Waals surface area (Å²) in [6, 6.07) is 10.7. The van der Waals surface area contributed by atoms with E-state index in [1.165, 1.54) is 0 Å². The normalized spacial score (nSPS) is 26.2. The molecule has 0 radical (unpaired) electrons. The number of hydrogen-bond donors (Lipinski definition) is 2. The number of carbonyl (C=O) groups excluding carboxylic acids is 2. The number of aliphatic imine (C=N–C) groups is 2. The molecule has 2 amide bonds. The van der Waals surface area contributed by atoms with Crippen LogP contribution in [0.4, 0.5) is 5.82 Å². The molecular formula is C30H34N7O4+. The molecule has 11 heteroatoms. The Labute approximate surface area is 238 Å². The molecule has 1 aromatic carbocycles. The molecule has 0 spiro atoms. The van der Waals surface area contributed by atoms with Gasteiger partial charge in [-0.15, -0.1) is 4.59 Å². The maximum absolute atomic E-state index is 13.4. The fourth-order valence-corrected chi connectivity index (χ4v) is 5.76. The van der Waals surface area contributed by atoms with Crippen molar-refractivity contribution in [3.05, 3.63) is 77.5 Å². The minimum absolute atomic E-state index is 0.0201. The lowest BCUT2D eigenvalue weighted by atomic mass is 9.83. The lowest BCUT2D eigenvalue weighted by molar-refractivity contribution is -0.750. The smallest absolute Gasteiger partial charge is 0.264 e. The maximum atomic E-state index is 13.4. The molecule has 6 rings (SSSR count). The van der Waals surface area contributed by atoms with Crippen molar-refractivity contribution in [2.45, 2.75) is 32.7 Å². The van der Waals surface area contributed by atoms with E-state index in [9.17, 15) is 9.59 Å². The number of fused-ring (bicyclic) bond motifs is 1. The highest BCUT2D eigenvalue weighted by atomic mass is 16.5. The van der Waals surface area contributed by atoms with Crippen LogP contribution in [-0.4, -0.2) is 71.3 Å². The molecule has 5 heterocycles. The van der Waals surface area contributed by atoms with Gasteiger partial charge in [0.25, 0.3) is 11.7 Å². The quantitative estimate of drug-likeness (QED) is 0.415. The van der Waals surface area contributed by atoms with E-state index in [1.807, 2.05) is 24.0 Å². The van der Waals surface area contributed by atoms with Gasteiger partial charge in [0.1, 0.15) is 23.5 Å². The fourth-order valence-electron chi connectivity index (χ4n) is 5.76. The molecule has 0 aliphatic carbocycles. The number of allylic oxidation sites excluding steroid dienone is 1. The van der Waals surface area contributed by atoms with E-state index in [0.717, 1.165) is 29.8 Å². The zero-order valence-electron chi connectivity index (χ0n) is 23.4. The van der Waals surface area contributed by atoms with Gasteiger partial charge in [0.05, 0.1) is 43.7 Å². The summed E-state index contributed by atoms with van der Waals surface area (Å²) in [5, 5.41) is 2.79. The largest absolute Gasteiger partial charge is 0.497 e. The Balaban J connectivity index is 1.25. The zero-order valence-corrected chi connectivity index (χ0v) is 23.4. The summed E-state index contributed by atoms with van der Waals surface area (Å²) in [6.07, 6.45) is 8.57. The predicted octanol–water partition coefficient (Wildman–Crippen LogP) is 3.22. The van der Waals surface area contributed by atoms with Crippen molar-refractivity contribution in [1.29, 1.82) is 0 Å². The molecule has 1 unspecified atom stereocenters. The van der Waals surface area contributed by atoms with Crippen molar-refractivity contribution in [2.75, 3.05) is 32.2 Å². The number of hydrogen-bond acceptors (Lipinski definition) is 8. The number of carbonyl (C=O) groups is 2. The number of aromatic nitrogens is 1. The molecule has 212 valence electrons. The van der Waals surface area contributed by atoms with E-state index >= 15 is 0 Å². The Kier molecular flexibility index (Phi) is 6.80. The predicted molar refractivity (Wildman–Crippen MR) is 154 cm³/mol. The van der Waals surface area contributed by atoms with Crippen molar-refractivity contribution in [3.8, 4) is 5.75 Å². The first-order valence-corrected chi connectivity index (χ1v) is 13.7. The molecule has 2 saturated heterocycles. The number of rotatable bonds is 6. The highest BCUT2D eigenvalue weighted by Gasteiger charge is 2.49. The van der Waals surface area contributed by atoms with Crippen molar-refractivity contribution in [2.24, 2.45) is 27.2 Å². The van der Waals surface area contributed by atoms with Gasteiger partial charge in [0.2, 0.25) is 11.6 Å². The Morgan fingerprint density at radius 3 is 2.68 bits per heavy atom. The van der Waals surface area contributed by atoms with Gasteiger partial charge in [-0.3, -0.25) is 14.6 Å². The molecule has 0 bridgehead atoms. The van der Waals surface area contributed by atoms with E-state index in [1.54, 1.807) is 56.2 Å². The zero-order chi connectivity index (χ0) is 28.8. The second-order valence-electron chi connectivity index (χ2n) is 11.3. The van der Waals surface area contributed by atoms with Gasteiger partial charge in [0.15, 0.2) is 0 Å². The number of piperidine rings is 1. The van der Waals surface area contributed by atoms with Crippen LogP contribution < -0.4 is 15.9 Å². The van der Waals surface area contributed by atoms with Crippen LogP contribution in [0.25, 0.3) is 0 Å². The summed E-state index contributed by atoms with van der Waals surface area (Å²) >= 11 is 0. The minimum Gasteiger partial charge on any atom is -0.497 e. The van der Waals surface area contributed by atoms with Crippen LogP contribution in [0.5, 0.6) is 5.75 Å². The van der Waals surface area contributed by atoms with Crippen molar-refractivity contribution < 1.29 is 23.7 Å². The van der Waals surface area contributed by atoms with Crippen LogP contribution in [0, 0.1) is 11.3 Å². The second kappa shape index (κ2) is 10.3. The number of quaternary nitrogens is 1. The van der Waals surface area contributed by atoms with E-state index in [2.05, 4.69) is 22.2 Å². The fraction of sp³-hybridized carbons (Fsp3) is 0.367. The monoisotopic (exact) mass is 556 g/mol. The van der Waals surface area contributed by atoms with Gasteiger partial charge in [-0.25, -0.2) is 4.98 Å². The number of nitrogens with one attached hydrogen (secondary N) is 1. The van der Waals surface area contributed by atoms with Gasteiger partial charge in [-0.2, -0.15) is 10.8 Å². The second-order valence-corrected chi connectivity index (χ2v) is 11.3. The van der Waals surface area contributed by atoms with Gasteiger partial charge in [0, 0.05) is 36.3 Å². The molecular weight excluding hydrogens is 522 g/mol. The van der Waals surface area contributed by atoms with Crippen LogP contribution in [0.1, 0.15) is 42.6 Å². The number of likely N-dealkylation sites (tertiary alicyclic amines) is 1. The van der Waals surface area contributed by atoms with Crippen LogP contribution >= 0.6 is 0 Å². The number of pyridine rings is 1. The molecule has 2 aromatic rings. The highest BCUT2D eigenvalue weighted by molar-refractivity contribution is 6.05. The van der Waals surface area contributed by atoms with Gasteiger partial charge < -0.3 is 19.7 Å². The van der Waals surface area contributed by atoms with Gasteiger partial charge in [-0.1, -0.05) is 0 Å². The number of nitrogens with zero attached hydrogens (tertiary/aromatic N) is 5. The van der Waals surface area contributed by atoms with E-state index < -0.39 is 5.41 Å². The number of amidine groups is 1. The third-order valence-corrected chi connectivity index (χ3v) is 8.32. The number of nitrogens with two attached hydrogens (primary N) is 1. The maximum Gasteiger partial charge on any atom is 0.264 e. The minimum atomic E-state index is -0.461.